The lowest BCUT2D eigenvalue weighted by Gasteiger charge is -2.08. The van der Waals surface area contributed by atoms with E-state index in [0.717, 1.165) is 13.0 Å². The Morgan fingerprint density at radius 3 is 2.46 bits per heavy atom. The number of hydrogen-bond donors (Lipinski definition) is 3. The van der Waals surface area contributed by atoms with Gasteiger partial charge in [0.15, 0.2) is 0 Å². The number of carbonyl (C=O) groups excluding carboxylic acids is 1. The number of hydrogen-bond acceptors (Lipinski definition) is 4. The quantitative estimate of drug-likeness (QED) is 0.452. The summed E-state index contributed by atoms with van der Waals surface area (Å²) >= 11 is 0. The highest BCUT2D eigenvalue weighted by molar-refractivity contribution is 5.78. The van der Waals surface area contributed by atoms with Gasteiger partial charge in [0.05, 0.1) is 0 Å². The van der Waals surface area contributed by atoms with Gasteiger partial charge in [-0.3, -0.25) is 4.79 Å². The van der Waals surface area contributed by atoms with Gasteiger partial charge in [0.1, 0.15) is 5.78 Å². The molecule has 0 aromatic rings. The zero-order chi connectivity index (χ0) is 10.1. The van der Waals surface area contributed by atoms with E-state index in [9.17, 15) is 4.79 Å². The maximum Gasteiger partial charge on any atom is 0.133 e. The molecular weight excluding hydrogens is 170 g/mol. The second-order valence-corrected chi connectivity index (χ2v) is 3.18. The standard InChI is InChI=1S/C9H19NO3/c1-10-4-2-3-9(13)5-8(6-11)7-12/h8,10-12H,2-7H2,1H3. The van der Waals surface area contributed by atoms with Gasteiger partial charge in [-0.05, 0) is 20.0 Å². The lowest BCUT2D eigenvalue weighted by molar-refractivity contribution is -0.120. The van der Waals surface area contributed by atoms with Gasteiger partial charge in [-0.15, -0.1) is 0 Å². The van der Waals surface area contributed by atoms with E-state index in [2.05, 4.69) is 5.32 Å². The van der Waals surface area contributed by atoms with Gasteiger partial charge in [0.25, 0.3) is 0 Å². The molecule has 0 heterocycles. The van der Waals surface area contributed by atoms with Crippen molar-refractivity contribution in [1.82, 2.24) is 5.32 Å². The lowest BCUT2D eigenvalue weighted by atomic mass is 10.0. The Morgan fingerprint density at radius 1 is 1.38 bits per heavy atom. The minimum Gasteiger partial charge on any atom is -0.396 e. The van der Waals surface area contributed by atoms with Crippen LogP contribution in [-0.4, -0.2) is 42.8 Å². The summed E-state index contributed by atoms with van der Waals surface area (Å²) < 4.78 is 0. The normalized spacial score (nSPS) is 10.8. The predicted molar refractivity (Wildman–Crippen MR) is 50.4 cm³/mol. The Balaban J connectivity index is 3.48. The minimum atomic E-state index is -0.276. The Hall–Kier alpha value is -0.450. The number of carbonyl (C=O) groups is 1. The van der Waals surface area contributed by atoms with E-state index < -0.39 is 0 Å². The molecule has 0 saturated carbocycles. The van der Waals surface area contributed by atoms with Crippen LogP contribution in [0.1, 0.15) is 19.3 Å². The molecule has 0 aromatic carbocycles. The zero-order valence-corrected chi connectivity index (χ0v) is 8.12. The smallest absolute Gasteiger partial charge is 0.133 e. The van der Waals surface area contributed by atoms with Crippen LogP contribution in [0.5, 0.6) is 0 Å². The monoisotopic (exact) mass is 189 g/mol. The van der Waals surface area contributed by atoms with Crippen molar-refractivity contribution in [3.63, 3.8) is 0 Å². The van der Waals surface area contributed by atoms with Crippen molar-refractivity contribution >= 4 is 5.78 Å². The SMILES string of the molecule is CNCCCC(=O)CC(CO)CO. The molecule has 0 fully saturated rings. The third-order valence-electron chi connectivity index (χ3n) is 1.92. The number of aliphatic hydroxyl groups is 2. The van der Waals surface area contributed by atoms with Crippen LogP contribution in [0.4, 0.5) is 0 Å². The van der Waals surface area contributed by atoms with Crippen molar-refractivity contribution < 1.29 is 15.0 Å². The van der Waals surface area contributed by atoms with Gasteiger partial charge in [0.2, 0.25) is 0 Å². The highest BCUT2D eigenvalue weighted by Crippen LogP contribution is 2.04. The molecule has 0 radical (unpaired) electrons. The fraction of sp³-hybridized carbons (Fsp3) is 0.889. The van der Waals surface area contributed by atoms with E-state index in [1.165, 1.54) is 0 Å². The minimum absolute atomic E-state index is 0.114. The van der Waals surface area contributed by atoms with E-state index in [-0.39, 0.29) is 31.3 Å². The Kier molecular flexibility index (Phi) is 7.88. The van der Waals surface area contributed by atoms with Gasteiger partial charge in [-0.1, -0.05) is 0 Å². The van der Waals surface area contributed by atoms with Crippen LogP contribution in [-0.2, 0) is 4.79 Å². The average molecular weight is 189 g/mol. The molecule has 78 valence electrons. The summed E-state index contributed by atoms with van der Waals surface area (Å²) in [6.07, 6.45) is 1.63. The molecule has 0 unspecified atom stereocenters. The first kappa shape index (κ1) is 12.6. The third-order valence-corrected chi connectivity index (χ3v) is 1.92. The fourth-order valence-corrected chi connectivity index (χ4v) is 1.07. The molecule has 0 bridgehead atoms. The highest BCUT2D eigenvalue weighted by Gasteiger charge is 2.11. The van der Waals surface area contributed by atoms with Crippen molar-refractivity contribution in [2.24, 2.45) is 5.92 Å². The Labute approximate surface area is 79.0 Å². The largest absolute Gasteiger partial charge is 0.396 e. The van der Waals surface area contributed by atoms with Crippen LogP contribution in [0.2, 0.25) is 0 Å². The van der Waals surface area contributed by atoms with Crippen LogP contribution in [0.25, 0.3) is 0 Å². The molecular formula is C9H19NO3. The molecule has 0 rings (SSSR count). The van der Waals surface area contributed by atoms with Crippen molar-refractivity contribution in [2.75, 3.05) is 26.8 Å². The average Bonchev–Trinajstić information content (AvgIpc) is 2.14. The summed E-state index contributed by atoms with van der Waals surface area (Å²) in [5.74, 6) is -0.162. The number of aliphatic hydroxyl groups excluding tert-OH is 2. The molecule has 0 aromatic heterocycles. The molecule has 0 aliphatic rings. The van der Waals surface area contributed by atoms with Crippen molar-refractivity contribution in [3.05, 3.63) is 0 Å². The molecule has 4 heteroatoms. The number of Topliss-reactive ketones (excluding diaryl/α,β-unsaturated/α-hetero) is 1. The lowest BCUT2D eigenvalue weighted by Crippen LogP contribution is -2.17. The van der Waals surface area contributed by atoms with E-state index in [0.29, 0.717) is 6.42 Å². The second-order valence-electron chi connectivity index (χ2n) is 3.18. The third kappa shape index (κ3) is 6.69. The van der Waals surface area contributed by atoms with Gasteiger partial charge < -0.3 is 15.5 Å². The summed E-state index contributed by atoms with van der Waals surface area (Å²) in [7, 11) is 1.84. The topological polar surface area (TPSA) is 69.6 Å². The van der Waals surface area contributed by atoms with Crippen LogP contribution in [0.15, 0.2) is 0 Å². The first-order valence-corrected chi connectivity index (χ1v) is 4.62. The van der Waals surface area contributed by atoms with Crippen LogP contribution >= 0.6 is 0 Å². The van der Waals surface area contributed by atoms with Gasteiger partial charge >= 0.3 is 0 Å². The summed E-state index contributed by atoms with van der Waals surface area (Å²) in [6.45, 7) is 0.594. The molecule has 3 N–H and O–H groups in total. The highest BCUT2D eigenvalue weighted by atomic mass is 16.3. The maximum absolute atomic E-state index is 11.2. The van der Waals surface area contributed by atoms with Gasteiger partial charge in [-0.2, -0.15) is 0 Å². The molecule has 0 spiro atoms. The number of ketones is 1. The van der Waals surface area contributed by atoms with Gasteiger partial charge in [0, 0.05) is 32.0 Å². The molecule has 0 atom stereocenters. The van der Waals surface area contributed by atoms with E-state index in [1.807, 2.05) is 7.05 Å². The summed E-state index contributed by atoms with van der Waals surface area (Å²) in [5, 5.41) is 20.4. The summed E-state index contributed by atoms with van der Waals surface area (Å²) in [6, 6.07) is 0. The second kappa shape index (κ2) is 8.16. The first-order chi connectivity index (χ1) is 6.24. The van der Waals surface area contributed by atoms with Gasteiger partial charge in [-0.25, -0.2) is 0 Å². The molecule has 13 heavy (non-hydrogen) atoms. The van der Waals surface area contributed by atoms with Crippen molar-refractivity contribution in [2.45, 2.75) is 19.3 Å². The van der Waals surface area contributed by atoms with Crippen molar-refractivity contribution in [1.29, 1.82) is 0 Å². The van der Waals surface area contributed by atoms with E-state index >= 15 is 0 Å². The molecule has 4 nitrogen and oxygen atoms in total. The summed E-state index contributed by atoms with van der Waals surface area (Å²) in [4.78, 5) is 11.2. The maximum atomic E-state index is 11.2. The van der Waals surface area contributed by atoms with Crippen molar-refractivity contribution in [3.8, 4) is 0 Å². The molecule has 0 saturated heterocycles. The fourth-order valence-electron chi connectivity index (χ4n) is 1.07. The Morgan fingerprint density at radius 2 is 2.00 bits per heavy atom. The molecule has 0 aliphatic carbocycles. The molecule has 0 aliphatic heterocycles. The van der Waals surface area contributed by atoms with E-state index in [4.69, 9.17) is 10.2 Å². The van der Waals surface area contributed by atoms with Crippen LogP contribution in [0, 0.1) is 5.92 Å². The zero-order valence-electron chi connectivity index (χ0n) is 8.12. The predicted octanol–water partition coefficient (Wildman–Crippen LogP) is -0.454. The molecule has 0 amide bonds. The first-order valence-electron chi connectivity index (χ1n) is 4.62. The van der Waals surface area contributed by atoms with E-state index in [1.54, 1.807) is 0 Å². The summed E-state index contributed by atoms with van der Waals surface area (Å²) in [5.41, 5.74) is 0. The number of rotatable bonds is 8. The number of nitrogens with one attached hydrogen (secondary N) is 1. The van der Waals surface area contributed by atoms with Crippen LogP contribution < -0.4 is 5.32 Å². The Bertz CT molecular complexity index is 135. The van der Waals surface area contributed by atoms with Crippen LogP contribution in [0.3, 0.4) is 0 Å².